The SMILES string of the molecule is Cc1cc(CN[C@@H](C)CNS(=O)(=O)C2CC2)ccn1. The number of rotatable bonds is 7. The van der Waals surface area contributed by atoms with Gasteiger partial charge in [0, 0.05) is 31.0 Å². The van der Waals surface area contributed by atoms with E-state index in [9.17, 15) is 8.42 Å². The maximum atomic E-state index is 11.7. The molecule has 0 radical (unpaired) electrons. The molecule has 1 aliphatic carbocycles. The Balaban J connectivity index is 1.74. The van der Waals surface area contributed by atoms with Crippen molar-refractivity contribution in [1.82, 2.24) is 15.0 Å². The maximum Gasteiger partial charge on any atom is 0.214 e. The largest absolute Gasteiger partial charge is 0.309 e. The van der Waals surface area contributed by atoms with Crippen LogP contribution in [0.2, 0.25) is 0 Å². The summed E-state index contributed by atoms with van der Waals surface area (Å²) in [6, 6.07) is 4.08. The van der Waals surface area contributed by atoms with Crippen LogP contribution in [-0.4, -0.2) is 31.2 Å². The van der Waals surface area contributed by atoms with E-state index in [4.69, 9.17) is 0 Å². The molecule has 19 heavy (non-hydrogen) atoms. The second-order valence-electron chi connectivity index (χ2n) is 5.18. The Morgan fingerprint density at radius 3 is 2.84 bits per heavy atom. The van der Waals surface area contributed by atoms with Gasteiger partial charge in [-0.2, -0.15) is 0 Å². The van der Waals surface area contributed by atoms with Gasteiger partial charge in [-0.15, -0.1) is 0 Å². The van der Waals surface area contributed by atoms with Crippen LogP contribution in [0.3, 0.4) is 0 Å². The van der Waals surface area contributed by atoms with Crippen molar-refractivity contribution < 1.29 is 8.42 Å². The number of nitrogens with one attached hydrogen (secondary N) is 2. The van der Waals surface area contributed by atoms with E-state index in [-0.39, 0.29) is 11.3 Å². The zero-order valence-electron chi connectivity index (χ0n) is 11.4. The predicted molar refractivity (Wildman–Crippen MR) is 75.2 cm³/mol. The summed E-state index contributed by atoms with van der Waals surface area (Å²) in [5.41, 5.74) is 2.14. The molecule has 0 aromatic carbocycles. The maximum absolute atomic E-state index is 11.7. The van der Waals surface area contributed by atoms with Crippen LogP contribution in [0.5, 0.6) is 0 Å². The smallest absolute Gasteiger partial charge is 0.214 e. The Kier molecular flexibility index (Phi) is 4.54. The summed E-state index contributed by atoms with van der Waals surface area (Å²) in [5.74, 6) is 0. The van der Waals surface area contributed by atoms with Gasteiger partial charge >= 0.3 is 0 Å². The Labute approximate surface area is 114 Å². The number of aryl methyl sites for hydroxylation is 1. The van der Waals surface area contributed by atoms with Gasteiger partial charge in [-0.25, -0.2) is 13.1 Å². The Morgan fingerprint density at radius 2 is 2.21 bits per heavy atom. The second kappa shape index (κ2) is 5.98. The molecule has 0 amide bonds. The molecule has 5 nitrogen and oxygen atoms in total. The van der Waals surface area contributed by atoms with E-state index in [1.54, 1.807) is 6.20 Å². The Bertz CT molecular complexity index is 526. The number of aromatic nitrogens is 1. The first-order valence-corrected chi connectivity index (χ1v) is 8.15. The van der Waals surface area contributed by atoms with E-state index in [0.29, 0.717) is 6.54 Å². The van der Waals surface area contributed by atoms with Crippen molar-refractivity contribution in [3.05, 3.63) is 29.6 Å². The molecule has 2 rings (SSSR count). The highest BCUT2D eigenvalue weighted by molar-refractivity contribution is 7.90. The molecular weight excluding hydrogens is 262 g/mol. The van der Waals surface area contributed by atoms with E-state index in [1.165, 1.54) is 0 Å². The third kappa shape index (κ3) is 4.56. The van der Waals surface area contributed by atoms with Gasteiger partial charge in [-0.3, -0.25) is 4.98 Å². The lowest BCUT2D eigenvalue weighted by Gasteiger charge is -2.15. The zero-order valence-corrected chi connectivity index (χ0v) is 12.2. The van der Waals surface area contributed by atoms with Crippen LogP contribution in [0.25, 0.3) is 0 Å². The molecule has 1 aromatic heterocycles. The molecule has 2 N–H and O–H groups in total. The molecular formula is C13H21N3O2S. The van der Waals surface area contributed by atoms with E-state index >= 15 is 0 Å². The molecule has 1 aromatic rings. The fraction of sp³-hybridized carbons (Fsp3) is 0.615. The molecule has 106 valence electrons. The van der Waals surface area contributed by atoms with Crippen LogP contribution in [0.4, 0.5) is 0 Å². The number of hydrogen-bond donors (Lipinski definition) is 2. The lowest BCUT2D eigenvalue weighted by molar-refractivity contribution is 0.523. The van der Waals surface area contributed by atoms with Crippen molar-refractivity contribution >= 4 is 10.0 Å². The molecule has 0 saturated heterocycles. The average molecular weight is 283 g/mol. The van der Waals surface area contributed by atoms with Gasteiger partial charge in [0.05, 0.1) is 5.25 Å². The molecule has 0 unspecified atom stereocenters. The number of pyridine rings is 1. The topological polar surface area (TPSA) is 71.1 Å². The minimum atomic E-state index is -3.07. The number of nitrogens with zero attached hydrogens (tertiary/aromatic N) is 1. The Hall–Kier alpha value is -0.980. The van der Waals surface area contributed by atoms with Gasteiger partial charge in [0.1, 0.15) is 0 Å². The van der Waals surface area contributed by atoms with Gasteiger partial charge in [-0.05, 0) is 44.4 Å². The van der Waals surface area contributed by atoms with Crippen LogP contribution in [0, 0.1) is 6.92 Å². The first kappa shape index (κ1) is 14.4. The van der Waals surface area contributed by atoms with Crippen LogP contribution in [0.1, 0.15) is 31.0 Å². The van der Waals surface area contributed by atoms with Crippen LogP contribution >= 0.6 is 0 Å². The predicted octanol–water partition coefficient (Wildman–Crippen LogP) is 0.950. The van der Waals surface area contributed by atoms with E-state index in [1.807, 2.05) is 26.0 Å². The molecule has 1 atom stereocenters. The number of hydrogen-bond acceptors (Lipinski definition) is 4. The van der Waals surface area contributed by atoms with Gasteiger partial charge in [0.25, 0.3) is 0 Å². The summed E-state index contributed by atoms with van der Waals surface area (Å²) in [4.78, 5) is 4.14. The third-order valence-corrected chi connectivity index (χ3v) is 5.09. The molecule has 0 aliphatic heterocycles. The highest BCUT2D eigenvalue weighted by atomic mass is 32.2. The summed E-state index contributed by atoms with van der Waals surface area (Å²) in [6.45, 7) is 5.08. The summed E-state index contributed by atoms with van der Waals surface area (Å²) >= 11 is 0. The van der Waals surface area contributed by atoms with Gasteiger partial charge in [-0.1, -0.05) is 0 Å². The second-order valence-corrected chi connectivity index (χ2v) is 7.23. The fourth-order valence-electron chi connectivity index (χ4n) is 1.82. The van der Waals surface area contributed by atoms with Gasteiger partial charge in [0.15, 0.2) is 0 Å². The molecule has 1 fully saturated rings. The van der Waals surface area contributed by atoms with Crippen molar-refractivity contribution in [2.45, 2.75) is 44.5 Å². The van der Waals surface area contributed by atoms with Crippen LogP contribution < -0.4 is 10.0 Å². The summed E-state index contributed by atoms with van der Waals surface area (Å²) in [6.07, 6.45) is 3.38. The van der Waals surface area contributed by atoms with Crippen molar-refractivity contribution in [2.75, 3.05) is 6.54 Å². The van der Waals surface area contributed by atoms with Crippen molar-refractivity contribution in [3.63, 3.8) is 0 Å². The fourth-order valence-corrected chi connectivity index (χ4v) is 3.29. The van der Waals surface area contributed by atoms with E-state index in [0.717, 1.165) is 30.6 Å². The molecule has 1 heterocycles. The lowest BCUT2D eigenvalue weighted by Crippen LogP contribution is -2.39. The summed E-state index contributed by atoms with van der Waals surface area (Å²) in [7, 11) is -3.07. The highest BCUT2D eigenvalue weighted by Crippen LogP contribution is 2.27. The van der Waals surface area contributed by atoms with E-state index in [2.05, 4.69) is 15.0 Å². The quantitative estimate of drug-likeness (QED) is 0.781. The third-order valence-electron chi connectivity index (χ3n) is 3.17. The summed E-state index contributed by atoms with van der Waals surface area (Å²) in [5, 5.41) is 3.15. The van der Waals surface area contributed by atoms with Crippen molar-refractivity contribution in [1.29, 1.82) is 0 Å². The van der Waals surface area contributed by atoms with Crippen LogP contribution in [-0.2, 0) is 16.6 Å². The summed E-state index contributed by atoms with van der Waals surface area (Å²) < 4.78 is 26.0. The number of sulfonamides is 1. The van der Waals surface area contributed by atoms with Gasteiger partial charge in [0.2, 0.25) is 10.0 Å². The van der Waals surface area contributed by atoms with Crippen molar-refractivity contribution in [2.24, 2.45) is 0 Å². The highest BCUT2D eigenvalue weighted by Gasteiger charge is 2.35. The zero-order chi connectivity index (χ0) is 13.9. The molecule has 1 saturated carbocycles. The molecule has 0 spiro atoms. The first-order valence-electron chi connectivity index (χ1n) is 6.61. The molecule has 0 bridgehead atoms. The Morgan fingerprint density at radius 1 is 1.47 bits per heavy atom. The lowest BCUT2D eigenvalue weighted by atomic mass is 10.2. The average Bonchev–Trinajstić information content (AvgIpc) is 3.18. The monoisotopic (exact) mass is 283 g/mol. The normalized spacial score (nSPS) is 17.4. The van der Waals surface area contributed by atoms with E-state index < -0.39 is 10.0 Å². The minimum absolute atomic E-state index is 0.0991. The van der Waals surface area contributed by atoms with Crippen molar-refractivity contribution in [3.8, 4) is 0 Å². The molecule has 1 aliphatic rings. The molecule has 6 heteroatoms. The van der Waals surface area contributed by atoms with Crippen LogP contribution in [0.15, 0.2) is 18.3 Å². The van der Waals surface area contributed by atoms with Gasteiger partial charge < -0.3 is 5.32 Å². The minimum Gasteiger partial charge on any atom is -0.309 e. The standard InChI is InChI=1S/C13H21N3O2S/c1-10-7-12(5-6-14-10)9-15-11(2)8-16-19(17,18)13-3-4-13/h5-7,11,13,15-16H,3-4,8-9H2,1-2H3/t11-/m0/s1. The first-order chi connectivity index (χ1) is 8.97.